The lowest BCUT2D eigenvalue weighted by Crippen LogP contribution is -2.57. The Morgan fingerprint density at radius 2 is 1.85 bits per heavy atom. The Hall–Kier alpha value is -1.89. The molecule has 1 saturated heterocycles. The fourth-order valence-electron chi connectivity index (χ4n) is 3.81. The maximum absolute atomic E-state index is 13.1. The van der Waals surface area contributed by atoms with E-state index in [4.69, 9.17) is 0 Å². The summed E-state index contributed by atoms with van der Waals surface area (Å²) in [4.78, 5) is 42.3. The number of carbonyl (C=O) groups is 3. The third-order valence-electron chi connectivity index (χ3n) is 5.37. The van der Waals surface area contributed by atoms with Gasteiger partial charge in [-0.3, -0.25) is 14.4 Å². The summed E-state index contributed by atoms with van der Waals surface area (Å²) in [6.07, 6.45) is 5.55. The van der Waals surface area contributed by atoms with Gasteiger partial charge in [-0.1, -0.05) is 19.3 Å². The van der Waals surface area contributed by atoms with Gasteiger partial charge in [0.15, 0.2) is 0 Å². The maximum atomic E-state index is 13.1. The molecule has 1 saturated carbocycles. The zero-order chi connectivity index (χ0) is 18.5. The lowest BCUT2D eigenvalue weighted by molar-refractivity contribution is -0.158. The predicted octanol–water partition coefficient (Wildman–Crippen LogP) is 2.10. The molecule has 0 atom stereocenters. The van der Waals surface area contributed by atoms with Crippen LogP contribution in [0.3, 0.4) is 0 Å². The standard InChI is InChI=1S/C19H27N3O3S/c1-2-20-9-10-21(19(25)18(20)24)13-17(23)22(12-15-8-11-26-14-15)16-6-4-3-5-7-16/h8,11,14,16H,2-7,9-10,12-13H2,1H3. The third-order valence-corrected chi connectivity index (χ3v) is 6.11. The van der Waals surface area contributed by atoms with E-state index in [1.54, 1.807) is 11.3 Å². The van der Waals surface area contributed by atoms with Gasteiger partial charge in [0.2, 0.25) is 5.91 Å². The number of hydrogen-bond donors (Lipinski definition) is 0. The molecule has 142 valence electrons. The molecule has 2 fully saturated rings. The molecule has 3 amide bonds. The summed E-state index contributed by atoms with van der Waals surface area (Å²) in [5.74, 6) is -1.09. The van der Waals surface area contributed by atoms with Gasteiger partial charge in [0.05, 0.1) is 0 Å². The van der Waals surface area contributed by atoms with E-state index in [-0.39, 0.29) is 18.5 Å². The molecule has 0 unspecified atom stereocenters. The second-order valence-electron chi connectivity index (χ2n) is 7.06. The molecule has 0 N–H and O–H groups in total. The van der Waals surface area contributed by atoms with Crippen molar-refractivity contribution in [3.63, 3.8) is 0 Å². The molecular formula is C19H27N3O3S. The van der Waals surface area contributed by atoms with Crippen molar-refractivity contribution in [2.24, 2.45) is 0 Å². The SMILES string of the molecule is CCN1CCN(CC(=O)N(Cc2ccsc2)C2CCCCC2)C(=O)C1=O. The van der Waals surface area contributed by atoms with Crippen molar-refractivity contribution in [2.75, 3.05) is 26.2 Å². The highest BCUT2D eigenvalue weighted by molar-refractivity contribution is 7.07. The summed E-state index contributed by atoms with van der Waals surface area (Å²) in [6, 6.07) is 2.28. The summed E-state index contributed by atoms with van der Waals surface area (Å²) in [5, 5.41) is 4.09. The van der Waals surface area contributed by atoms with Gasteiger partial charge >= 0.3 is 11.8 Å². The molecular weight excluding hydrogens is 350 g/mol. The molecule has 1 aromatic rings. The second kappa shape index (κ2) is 8.66. The molecule has 1 aliphatic heterocycles. The molecule has 2 aliphatic rings. The predicted molar refractivity (Wildman–Crippen MR) is 101 cm³/mol. The van der Waals surface area contributed by atoms with Crippen molar-refractivity contribution in [3.8, 4) is 0 Å². The minimum absolute atomic E-state index is 0.00274. The van der Waals surface area contributed by atoms with Gasteiger partial charge in [-0.05, 0) is 42.2 Å². The van der Waals surface area contributed by atoms with Crippen molar-refractivity contribution in [1.29, 1.82) is 0 Å². The fraction of sp³-hybridized carbons (Fsp3) is 0.632. The van der Waals surface area contributed by atoms with E-state index in [1.807, 2.05) is 23.3 Å². The Labute approximate surface area is 158 Å². The normalized spacial score (nSPS) is 19.1. The first kappa shape index (κ1) is 18.9. The third kappa shape index (κ3) is 4.26. The van der Waals surface area contributed by atoms with Gasteiger partial charge in [0.25, 0.3) is 0 Å². The average molecular weight is 378 g/mol. The molecule has 1 aliphatic carbocycles. The summed E-state index contributed by atoms with van der Waals surface area (Å²) >= 11 is 1.63. The van der Waals surface area contributed by atoms with Crippen molar-refractivity contribution in [3.05, 3.63) is 22.4 Å². The molecule has 0 bridgehead atoms. The van der Waals surface area contributed by atoms with Crippen LogP contribution in [0.1, 0.15) is 44.6 Å². The van der Waals surface area contributed by atoms with Gasteiger partial charge in [-0.25, -0.2) is 0 Å². The first-order chi connectivity index (χ1) is 12.6. The number of rotatable bonds is 6. The first-order valence-electron chi connectivity index (χ1n) is 9.49. The number of thiophene rings is 1. The highest BCUT2D eigenvalue weighted by Crippen LogP contribution is 2.25. The van der Waals surface area contributed by atoms with E-state index >= 15 is 0 Å². The average Bonchev–Trinajstić information content (AvgIpc) is 3.17. The fourth-order valence-corrected chi connectivity index (χ4v) is 4.47. The van der Waals surface area contributed by atoms with Crippen molar-refractivity contribution in [1.82, 2.24) is 14.7 Å². The van der Waals surface area contributed by atoms with Crippen LogP contribution in [0.5, 0.6) is 0 Å². The van der Waals surface area contributed by atoms with Crippen LogP contribution >= 0.6 is 11.3 Å². The topological polar surface area (TPSA) is 60.9 Å². The first-order valence-corrected chi connectivity index (χ1v) is 10.4. The van der Waals surface area contributed by atoms with Crippen LogP contribution in [-0.4, -0.2) is 64.6 Å². The number of piperazine rings is 1. The summed E-state index contributed by atoms with van der Waals surface area (Å²) < 4.78 is 0. The molecule has 1 aromatic heterocycles. The van der Waals surface area contributed by atoms with Crippen molar-refractivity contribution < 1.29 is 14.4 Å². The smallest absolute Gasteiger partial charge is 0.312 e. The van der Waals surface area contributed by atoms with Crippen LogP contribution < -0.4 is 0 Å². The molecule has 3 rings (SSSR count). The molecule has 26 heavy (non-hydrogen) atoms. The van der Waals surface area contributed by atoms with E-state index in [1.165, 1.54) is 16.2 Å². The minimum Gasteiger partial charge on any atom is -0.334 e. The molecule has 7 heteroatoms. The lowest BCUT2D eigenvalue weighted by Gasteiger charge is -2.37. The highest BCUT2D eigenvalue weighted by atomic mass is 32.1. The van der Waals surface area contributed by atoms with Crippen LogP contribution in [0.4, 0.5) is 0 Å². The van der Waals surface area contributed by atoms with Gasteiger partial charge in [0, 0.05) is 32.2 Å². The van der Waals surface area contributed by atoms with Crippen molar-refractivity contribution in [2.45, 2.75) is 51.6 Å². The molecule has 2 heterocycles. The minimum atomic E-state index is -0.550. The Bertz CT molecular complexity index is 640. The van der Waals surface area contributed by atoms with Crippen molar-refractivity contribution >= 4 is 29.1 Å². The Morgan fingerprint density at radius 3 is 2.50 bits per heavy atom. The number of hydrogen-bond acceptors (Lipinski definition) is 4. The Kier molecular flexibility index (Phi) is 6.29. The maximum Gasteiger partial charge on any atom is 0.312 e. The number of likely N-dealkylation sites (N-methyl/N-ethyl adjacent to an activating group) is 1. The van der Waals surface area contributed by atoms with Crippen LogP contribution in [-0.2, 0) is 20.9 Å². The van der Waals surface area contributed by atoms with Crippen LogP contribution in [0.15, 0.2) is 16.8 Å². The van der Waals surface area contributed by atoms with E-state index in [9.17, 15) is 14.4 Å². The van der Waals surface area contributed by atoms with E-state index in [2.05, 4.69) is 5.38 Å². The van der Waals surface area contributed by atoms with E-state index in [0.29, 0.717) is 26.2 Å². The Balaban J connectivity index is 1.68. The zero-order valence-corrected chi connectivity index (χ0v) is 16.2. The summed E-state index contributed by atoms with van der Waals surface area (Å²) in [7, 11) is 0. The van der Waals surface area contributed by atoms with Gasteiger partial charge in [0.1, 0.15) is 6.54 Å². The molecule has 0 radical (unpaired) electrons. The quantitative estimate of drug-likeness (QED) is 0.714. The number of carbonyl (C=O) groups excluding carboxylic acids is 3. The lowest BCUT2D eigenvalue weighted by atomic mass is 9.94. The number of amides is 3. The monoisotopic (exact) mass is 377 g/mol. The van der Waals surface area contributed by atoms with Crippen LogP contribution in [0.25, 0.3) is 0 Å². The highest BCUT2D eigenvalue weighted by Gasteiger charge is 2.34. The van der Waals surface area contributed by atoms with Gasteiger partial charge in [-0.15, -0.1) is 0 Å². The largest absolute Gasteiger partial charge is 0.334 e. The number of nitrogens with zero attached hydrogens (tertiary/aromatic N) is 3. The van der Waals surface area contributed by atoms with Gasteiger partial charge < -0.3 is 14.7 Å². The van der Waals surface area contributed by atoms with E-state index < -0.39 is 11.8 Å². The molecule has 6 nitrogen and oxygen atoms in total. The second-order valence-corrected chi connectivity index (χ2v) is 7.84. The Morgan fingerprint density at radius 1 is 1.15 bits per heavy atom. The summed E-state index contributed by atoms with van der Waals surface area (Å²) in [6.45, 7) is 3.91. The van der Waals surface area contributed by atoms with E-state index in [0.717, 1.165) is 31.2 Å². The van der Waals surface area contributed by atoms with Crippen LogP contribution in [0, 0.1) is 0 Å². The van der Waals surface area contributed by atoms with Crippen LogP contribution in [0.2, 0.25) is 0 Å². The zero-order valence-electron chi connectivity index (χ0n) is 15.4. The van der Waals surface area contributed by atoms with Gasteiger partial charge in [-0.2, -0.15) is 11.3 Å². The molecule has 0 spiro atoms. The molecule has 0 aromatic carbocycles. The summed E-state index contributed by atoms with van der Waals surface area (Å²) in [5.41, 5.74) is 1.13.